The van der Waals surface area contributed by atoms with Crippen LogP contribution in [-0.4, -0.2) is 240 Å². The van der Waals surface area contributed by atoms with Gasteiger partial charge >= 0.3 is 23.9 Å². The first-order valence-corrected chi connectivity index (χ1v) is 54.9. The van der Waals surface area contributed by atoms with Gasteiger partial charge in [-0.2, -0.15) is 0 Å². The molecule has 0 bridgehead atoms. The smallest absolute Gasteiger partial charge is 0.325 e. The van der Waals surface area contributed by atoms with Crippen molar-refractivity contribution in [1.82, 2.24) is 39.5 Å². The Kier molecular flexibility index (Phi) is 39.5. The fourth-order valence-electron chi connectivity index (χ4n) is 23.5. The molecule has 0 spiro atoms. The number of carboxylic acids is 4. The predicted octanol–water partition coefficient (Wildman–Crippen LogP) is 20.0. The lowest BCUT2D eigenvalue weighted by Crippen LogP contribution is -2.34. The number of likely N-dealkylation sites (tertiary alicyclic amines) is 4. The number of aryl methyl sites for hydroxylation is 8. The van der Waals surface area contributed by atoms with Crippen molar-refractivity contribution in [2.45, 2.75) is 286 Å². The Hall–Kier alpha value is -10.2. The average molecular weight is 2050 g/mol. The summed E-state index contributed by atoms with van der Waals surface area (Å²) in [6.45, 7) is 18.6. The van der Waals surface area contributed by atoms with Crippen LogP contribution in [0.4, 0.5) is 40.8 Å². The van der Waals surface area contributed by atoms with Crippen LogP contribution in [-0.2, 0) is 108 Å². The maximum Gasteiger partial charge on any atom is 0.325 e. The van der Waals surface area contributed by atoms with Gasteiger partial charge in [-0.1, -0.05) is 48.5 Å². The summed E-state index contributed by atoms with van der Waals surface area (Å²) in [7, 11) is 0. The highest BCUT2D eigenvalue weighted by atomic mass is 19.1. The molecule has 0 aliphatic carbocycles. The number of carbonyl (C=O) groups is 4. The summed E-state index contributed by atoms with van der Waals surface area (Å²) < 4.78 is 105. The van der Waals surface area contributed by atoms with Gasteiger partial charge in [0.2, 0.25) is 0 Å². The number of halogens is 4. The molecule has 0 amide bonds. The first-order chi connectivity index (χ1) is 72.0. The number of aliphatic carboxylic acids is 4. The zero-order chi connectivity index (χ0) is 103. The first-order valence-electron chi connectivity index (χ1n) is 54.9. The highest BCUT2D eigenvalue weighted by Gasteiger charge is 2.44. The minimum Gasteiger partial charge on any atom is -0.480 e. The predicted molar refractivity (Wildman–Crippen MR) is 557 cm³/mol. The molecule has 4 aromatic carbocycles. The van der Waals surface area contributed by atoms with Crippen LogP contribution in [0.2, 0.25) is 0 Å². The Morgan fingerprint density at radius 2 is 0.682 bits per heavy atom. The van der Waals surface area contributed by atoms with Crippen LogP contribution in [0.5, 0.6) is 0 Å². The number of ether oxygens (including phenoxy) is 8. The lowest BCUT2D eigenvalue weighted by molar-refractivity contribution is -0.144. The number of rotatable bonds is 40. The van der Waals surface area contributed by atoms with Crippen LogP contribution in [0.15, 0.2) is 121 Å². The summed E-state index contributed by atoms with van der Waals surface area (Å²) >= 11 is 0. The van der Waals surface area contributed by atoms with Crippen LogP contribution in [0.1, 0.15) is 306 Å². The van der Waals surface area contributed by atoms with E-state index >= 15 is 0 Å². The number of fused-ring (bicyclic) bond motifs is 4. The van der Waals surface area contributed by atoms with Gasteiger partial charge in [-0.15, -0.1) is 0 Å². The molecule has 0 saturated carbocycles. The van der Waals surface area contributed by atoms with Crippen molar-refractivity contribution in [2.24, 2.45) is 11.8 Å². The second kappa shape index (κ2) is 53.7. The van der Waals surface area contributed by atoms with E-state index in [1.807, 2.05) is 33.4 Å². The highest BCUT2D eigenvalue weighted by Crippen LogP contribution is 2.46. The summed E-state index contributed by atoms with van der Waals surface area (Å²) in [5, 5.41) is 54.2. The van der Waals surface area contributed by atoms with Crippen molar-refractivity contribution in [3.05, 3.63) is 234 Å². The molecular formula is C116H152F4N12O16. The Morgan fingerprint density at radius 1 is 0.365 bits per heavy atom. The quantitative estimate of drug-likeness (QED) is 0.0131. The van der Waals surface area contributed by atoms with E-state index in [0.717, 1.165) is 300 Å². The first kappa shape index (κ1) is 109. The van der Waals surface area contributed by atoms with Gasteiger partial charge in [0, 0.05) is 134 Å². The van der Waals surface area contributed by atoms with Crippen LogP contribution in [0, 0.1) is 35.1 Å². The fourth-order valence-corrected chi connectivity index (χ4v) is 23.5. The van der Waals surface area contributed by atoms with Crippen molar-refractivity contribution < 1.29 is 95.1 Å². The number of benzene rings is 4. The number of hydrogen-bond acceptors (Lipinski definition) is 24. The number of anilines is 4. The maximum absolute atomic E-state index is 14.3. The normalized spacial score (nSPS) is 23.0. The topological polar surface area (TPSA) is 336 Å². The van der Waals surface area contributed by atoms with Crippen LogP contribution in [0.25, 0.3) is 0 Å². The molecule has 0 radical (unpaired) electrons. The van der Waals surface area contributed by atoms with E-state index in [9.17, 15) is 57.2 Å². The van der Waals surface area contributed by atoms with Crippen molar-refractivity contribution in [1.29, 1.82) is 0 Å². The zero-order valence-electron chi connectivity index (χ0n) is 86.2. The van der Waals surface area contributed by atoms with E-state index in [2.05, 4.69) is 69.8 Å². The van der Waals surface area contributed by atoms with Gasteiger partial charge < -0.3 is 79.6 Å². The molecule has 8 fully saturated rings. The van der Waals surface area contributed by atoms with Gasteiger partial charge in [0.25, 0.3) is 0 Å². The van der Waals surface area contributed by atoms with Crippen LogP contribution >= 0.6 is 0 Å². The molecule has 16 heterocycles. The molecule has 28 nitrogen and oxygen atoms in total. The van der Waals surface area contributed by atoms with E-state index in [1.54, 1.807) is 24.3 Å². The van der Waals surface area contributed by atoms with E-state index in [1.165, 1.54) is 70.8 Å². The molecule has 8 aromatic rings. The Bertz CT molecular complexity index is 5540. The van der Waals surface area contributed by atoms with E-state index < -0.39 is 71.3 Å². The SMILES string of the molecule is CC1(C)CCC(c2ccc(F)cc2[C@H](C(=O)O)N2CC[C@@H](OCCCCc3ccc4c(n3)NCCC4)C2)O1.O=C(O)[C@@H](c1cc(F)ccc1[C@H]1CCCCO1)N1CC[C@@H](COCCCc2ccc3c(n2)NCCC3)C1.O=C(O)[C@H](c1cc(F)ccc1C1CCCCO1)N1CC[C@@H](COCCCc2ccc3c(n2)NCCC3)C1.O=C(O)[C@H](c1cc(F)ccc1[C@H]1CCCO1)N1CC[C@@H](OCCCCc2ccc3c(n2)NCCC3)C1. The molecule has 800 valence electrons. The number of pyridine rings is 4. The lowest BCUT2D eigenvalue weighted by Gasteiger charge is -2.30. The van der Waals surface area contributed by atoms with Crippen molar-refractivity contribution in [2.75, 3.05) is 159 Å². The molecule has 2 unspecified atom stereocenters. The van der Waals surface area contributed by atoms with Crippen molar-refractivity contribution in [3.63, 3.8) is 0 Å². The molecular weight excluding hydrogens is 1890 g/mol. The zero-order valence-corrected chi connectivity index (χ0v) is 86.2. The number of nitrogens with zero attached hydrogens (tertiary/aromatic N) is 8. The van der Waals surface area contributed by atoms with E-state index in [4.69, 9.17) is 57.8 Å². The van der Waals surface area contributed by atoms with Crippen molar-refractivity contribution >= 4 is 47.1 Å². The highest BCUT2D eigenvalue weighted by molar-refractivity contribution is 5.79. The molecule has 8 N–H and O–H groups in total. The number of hydrogen-bond donors (Lipinski definition) is 8. The minimum atomic E-state index is -0.971. The monoisotopic (exact) mass is 2050 g/mol. The third-order valence-corrected chi connectivity index (χ3v) is 31.2. The second-order valence-corrected chi connectivity index (χ2v) is 42.7. The summed E-state index contributed by atoms with van der Waals surface area (Å²) in [5.74, 6) is -0.858. The maximum atomic E-state index is 14.3. The third kappa shape index (κ3) is 29.8. The summed E-state index contributed by atoms with van der Waals surface area (Å²) in [6, 6.07) is 31.6. The lowest BCUT2D eigenvalue weighted by atomic mass is 9.92. The van der Waals surface area contributed by atoms with E-state index in [0.29, 0.717) is 134 Å². The standard InChI is InChI=1S/C30H40FN3O4.2C29H38FN3O4.C28H36FN3O4/c1-30(2)14-12-26(38-30)24-11-9-21(31)18-25(24)27(29(35)36)34-16-13-23(19-34)37-17-4-3-7-22-10-8-20-6-5-15-32-28(20)33-22;2*30-22-9-11-24(26-7-1-2-16-37-26)25(17-22)27(29(34)35)33-14-12-20(18-33)19-36-15-4-6-23-10-8-21-5-3-13-31-28(21)32-23;29-20-9-11-23(25-7-4-16-36-25)24(17-20)26(28(33)34)32-14-12-22(18-32)35-15-2-1-6-21-10-8-19-5-3-13-30-27(19)31-21/h8-11,18,23,26-27H,3-7,12-17,19H2,1-2H3,(H,32,33)(H,35,36);2*8-11,17,20,26-27H,1-7,12-16,18-19H2,(H,31,32)(H,34,35);8-11,17,22,25-26H,1-7,12-16,18H2,(H,30,31)(H,33,34)/t23-,26?,27-;20-,26?,27+;20-,26-,27-;22-,25-,26+/m1111/s1. The third-order valence-electron chi connectivity index (χ3n) is 31.2. The summed E-state index contributed by atoms with van der Waals surface area (Å²) in [6.07, 6.45) is 29.9. The number of nitrogens with one attached hydrogen (secondary N) is 4. The van der Waals surface area contributed by atoms with Gasteiger partial charge in [-0.25, -0.2) is 37.5 Å². The number of carboxylic acid groups (broad SMARTS) is 4. The summed E-state index contributed by atoms with van der Waals surface area (Å²) in [5.41, 5.74) is 14.5. The Balaban J connectivity index is 0.000000135. The molecule has 12 aliphatic rings. The molecule has 8 saturated heterocycles. The summed E-state index contributed by atoms with van der Waals surface area (Å²) in [4.78, 5) is 76.4. The minimum absolute atomic E-state index is 0.0161. The van der Waals surface area contributed by atoms with Gasteiger partial charge in [-0.3, -0.25) is 38.8 Å². The van der Waals surface area contributed by atoms with Gasteiger partial charge in [0.1, 0.15) is 70.7 Å². The molecule has 20 rings (SSSR count). The number of unbranched alkanes of at least 4 members (excludes halogenated alkanes) is 2. The molecule has 12 atom stereocenters. The van der Waals surface area contributed by atoms with E-state index in [-0.39, 0.29) is 54.1 Å². The fraction of sp³-hybridized carbons (Fsp3) is 0.586. The van der Waals surface area contributed by atoms with Gasteiger partial charge in [-0.05, 0) is 384 Å². The largest absolute Gasteiger partial charge is 0.480 e. The number of aromatic nitrogens is 4. The van der Waals surface area contributed by atoms with Crippen LogP contribution in [0.3, 0.4) is 0 Å². The van der Waals surface area contributed by atoms with Crippen molar-refractivity contribution in [3.8, 4) is 0 Å². The van der Waals surface area contributed by atoms with Gasteiger partial charge in [0.15, 0.2) is 0 Å². The molecule has 4 aromatic heterocycles. The second-order valence-electron chi connectivity index (χ2n) is 42.7. The van der Waals surface area contributed by atoms with Crippen LogP contribution < -0.4 is 21.3 Å². The Morgan fingerprint density at radius 3 is 0.993 bits per heavy atom. The molecule has 32 heteroatoms. The Labute approximate surface area is 868 Å². The average Bonchev–Trinajstić information content (AvgIpc) is 1.32. The van der Waals surface area contributed by atoms with Gasteiger partial charge in [0.05, 0.1) is 55.4 Å². The molecule has 148 heavy (non-hydrogen) atoms. The molecule has 12 aliphatic heterocycles.